The number of ether oxygens (including phenoxy) is 1. The van der Waals surface area contributed by atoms with Gasteiger partial charge in [-0.3, -0.25) is 4.98 Å². The summed E-state index contributed by atoms with van der Waals surface area (Å²) in [5.41, 5.74) is -0.200. The van der Waals surface area contributed by atoms with Gasteiger partial charge in [-0.25, -0.2) is 9.18 Å². The second-order valence-corrected chi connectivity index (χ2v) is 3.86. The number of aromatic carboxylic acids is 1. The van der Waals surface area contributed by atoms with Gasteiger partial charge in [-0.2, -0.15) is 8.78 Å². The molecule has 0 amide bonds. The van der Waals surface area contributed by atoms with Gasteiger partial charge >= 0.3 is 31.4 Å². The third-order valence-corrected chi connectivity index (χ3v) is 2.63. The summed E-state index contributed by atoms with van der Waals surface area (Å²) in [5, 5.41) is 8.40. The summed E-state index contributed by atoms with van der Waals surface area (Å²) >= 11 is 5.71. The van der Waals surface area contributed by atoms with E-state index >= 15 is 0 Å². The normalized spacial score (nSPS) is 10.4. The van der Waals surface area contributed by atoms with Gasteiger partial charge in [0.25, 0.3) is 0 Å². The summed E-state index contributed by atoms with van der Waals surface area (Å²) in [6, 6.07) is 1.96. The predicted molar refractivity (Wildman–Crippen MR) is 61.4 cm³/mol. The summed E-state index contributed by atoms with van der Waals surface area (Å²) in [5.74, 6) is -3.19. The van der Waals surface area contributed by atoms with Crippen molar-refractivity contribution < 1.29 is 48.1 Å². The zero-order valence-electron chi connectivity index (χ0n) is 11.0. The summed E-state index contributed by atoms with van der Waals surface area (Å²) in [7, 11) is 0. The van der Waals surface area contributed by atoms with Crippen LogP contribution in [0.1, 0.15) is 11.8 Å². The maximum atomic E-state index is 13.6. The van der Waals surface area contributed by atoms with Gasteiger partial charge in [-0.1, -0.05) is 11.6 Å². The van der Waals surface area contributed by atoms with Crippen molar-refractivity contribution in [3.05, 3.63) is 34.7 Å². The van der Waals surface area contributed by atoms with Gasteiger partial charge in [0.15, 0.2) is 11.6 Å². The Morgan fingerprint density at radius 3 is 2.65 bits per heavy atom. The third-order valence-electron chi connectivity index (χ3n) is 2.28. The first-order valence-electron chi connectivity index (χ1n) is 4.86. The number of pyridine rings is 1. The molecule has 2 aromatic rings. The molecule has 4 nitrogen and oxygen atoms in total. The SMILES string of the molecule is O=C(O)c1cnc2c(Cl)c(OC(F)F)c(F)cc2c1.[H-].[Li+]. The van der Waals surface area contributed by atoms with Gasteiger partial charge in [0.1, 0.15) is 5.02 Å². The maximum Gasteiger partial charge on any atom is 1.00 e. The van der Waals surface area contributed by atoms with E-state index in [9.17, 15) is 18.0 Å². The molecule has 0 unspecified atom stereocenters. The molecule has 0 aliphatic carbocycles. The van der Waals surface area contributed by atoms with E-state index in [2.05, 4.69) is 9.72 Å². The van der Waals surface area contributed by atoms with E-state index in [1.807, 2.05) is 0 Å². The molecule has 9 heteroatoms. The van der Waals surface area contributed by atoms with Crippen molar-refractivity contribution in [2.75, 3.05) is 0 Å². The number of nitrogens with zero attached hydrogens (tertiary/aromatic N) is 1. The average Bonchev–Trinajstić information content (AvgIpc) is 2.33. The second kappa shape index (κ2) is 6.35. The molecule has 0 fully saturated rings. The van der Waals surface area contributed by atoms with Crippen LogP contribution in [-0.4, -0.2) is 22.7 Å². The third kappa shape index (κ3) is 3.18. The number of carboxylic acids is 1. The first-order chi connectivity index (χ1) is 8.90. The number of benzene rings is 1. The number of fused-ring (bicyclic) bond motifs is 1. The van der Waals surface area contributed by atoms with Gasteiger partial charge in [0.05, 0.1) is 11.1 Å². The topological polar surface area (TPSA) is 59.4 Å². The fraction of sp³-hybridized carbons (Fsp3) is 0.0909. The summed E-state index contributed by atoms with van der Waals surface area (Å²) in [6.07, 6.45) is 0.987. The van der Waals surface area contributed by atoms with Gasteiger partial charge < -0.3 is 11.3 Å². The van der Waals surface area contributed by atoms with E-state index < -0.39 is 29.2 Å². The minimum absolute atomic E-state index is 0. The monoisotopic (exact) mass is 299 g/mol. The van der Waals surface area contributed by atoms with E-state index in [4.69, 9.17) is 16.7 Å². The Morgan fingerprint density at radius 1 is 1.45 bits per heavy atom. The van der Waals surface area contributed by atoms with E-state index in [0.717, 1.165) is 18.3 Å². The van der Waals surface area contributed by atoms with E-state index in [1.54, 1.807) is 0 Å². The molecule has 0 aliphatic heterocycles. The molecule has 1 heterocycles. The molecule has 0 atom stereocenters. The maximum absolute atomic E-state index is 13.6. The van der Waals surface area contributed by atoms with Gasteiger partial charge in [-0.15, -0.1) is 0 Å². The predicted octanol–water partition coefficient (Wildman–Crippen LogP) is 0.443. The largest absolute Gasteiger partial charge is 1.00 e. The van der Waals surface area contributed by atoms with Gasteiger partial charge in [0.2, 0.25) is 0 Å². The van der Waals surface area contributed by atoms with Crippen LogP contribution in [0.4, 0.5) is 13.2 Å². The minimum Gasteiger partial charge on any atom is -1.00 e. The van der Waals surface area contributed by atoms with Crippen LogP contribution in [-0.2, 0) is 0 Å². The molecular weight excluding hydrogens is 294 g/mol. The number of hydrogen-bond donors (Lipinski definition) is 1. The molecule has 0 radical (unpaired) electrons. The van der Waals surface area contributed by atoms with Gasteiger partial charge in [-0.05, 0) is 12.1 Å². The number of carboxylic acid groups (broad SMARTS) is 1. The van der Waals surface area contributed by atoms with Crippen molar-refractivity contribution in [2.45, 2.75) is 6.61 Å². The number of aromatic nitrogens is 1. The van der Waals surface area contributed by atoms with E-state index in [0.29, 0.717) is 0 Å². The average molecular weight is 300 g/mol. The fourth-order valence-corrected chi connectivity index (χ4v) is 1.80. The molecule has 20 heavy (non-hydrogen) atoms. The van der Waals surface area contributed by atoms with Crippen molar-refractivity contribution in [1.82, 2.24) is 4.98 Å². The molecule has 0 saturated heterocycles. The number of alkyl halides is 2. The van der Waals surface area contributed by atoms with E-state index in [-0.39, 0.29) is 36.8 Å². The number of rotatable bonds is 3. The number of hydrogen-bond acceptors (Lipinski definition) is 3. The molecule has 1 aromatic carbocycles. The zero-order chi connectivity index (χ0) is 14.2. The summed E-state index contributed by atoms with van der Waals surface area (Å²) in [4.78, 5) is 14.4. The molecule has 102 valence electrons. The number of halogens is 4. The quantitative estimate of drug-likeness (QED) is 0.836. The Hall–Kier alpha value is -1.42. The van der Waals surface area contributed by atoms with Crippen LogP contribution in [0.2, 0.25) is 5.02 Å². The van der Waals surface area contributed by atoms with Crippen molar-refractivity contribution >= 4 is 28.5 Å². The Bertz CT molecular complexity index is 675. The Kier molecular flexibility index (Phi) is 5.28. The van der Waals surface area contributed by atoms with Gasteiger partial charge in [0, 0.05) is 11.6 Å². The zero-order valence-corrected chi connectivity index (χ0v) is 10.8. The molecule has 0 spiro atoms. The second-order valence-electron chi connectivity index (χ2n) is 3.48. The minimum atomic E-state index is -3.23. The molecule has 0 bridgehead atoms. The molecule has 2 rings (SSSR count). The first-order valence-corrected chi connectivity index (χ1v) is 5.24. The van der Waals surface area contributed by atoms with Crippen LogP contribution in [0, 0.1) is 5.82 Å². The fourth-order valence-electron chi connectivity index (χ4n) is 1.50. The molecular formula is C11H6ClF3LiNO3. The molecule has 1 N–H and O–H groups in total. The van der Waals surface area contributed by atoms with Crippen molar-refractivity contribution in [2.24, 2.45) is 0 Å². The molecule has 1 aromatic heterocycles. The van der Waals surface area contributed by atoms with Crippen molar-refractivity contribution in [1.29, 1.82) is 0 Å². The van der Waals surface area contributed by atoms with Crippen LogP contribution < -0.4 is 23.6 Å². The van der Waals surface area contributed by atoms with Crippen molar-refractivity contribution in [3.8, 4) is 5.75 Å². The molecule has 0 aliphatic rings. The molecule has 0 saturated carbocycles. The Labute approximate surface area is 129 Å². The summed E-state index contributed by atoms with van der Waals surface area (Å²) in [6.45, 7) is -3.23. The number of carbonyl (C=O) groups is 1. The van der Waals surface area contributed by atoms with Crippen LogP contribution >= 0.6 is 11.6 Å². The van der Waals surface area contributed by atoms with E-state index in [1.165, 1.54) is 0 Å². The Morgan fingerprint density at radius 2 is 2.10 bits per heavy atom. The van der Waals surface area contributed by atoms with Crippen LogP contribution in [0.15, 0.2) is 18.3 Å². The standard InChI is InChI=1S/C11H5ClF3NO3.Li.H/c12-7-8-4(1-5(3-16-8)10(17)18)2-6(13)9(7)19-11(14)15;;/h1-3,11H,(H,17,18);;/q;+1;-1. The van der Waals surface area contributed by atoms with Crippen molar-refractivity contribution in [3.63, 3.8) is 0 Å². The van der Waals surface area contributed by atoms with Crippen LogP contribution in [0.3, 0.4) is 0 Å². The Balaban J connectivity index is 0.00000200. The van der Waals surface area contributed by atoms with Crippen LogP contribution in [0.25, 0.3) is 10.9 Å². The smallest absolute Gasteiger partial charge is 1.00 e. The first kappa shape index (κ1) is 16.6. The summed E-state index contributed by atoms with van der Waals surface area (Å²) < 4.78 is 41.7. The van der Waals surface area contributed by atoms with Crippen LogP contribution in [0.5, 0.6) is 5.75 Å².